The number of nitrogens with one attached hydrogen (secondary N) is 2. The molecule has 0 atom stereocenters. The summed E-state index contributed by atoms with van der Waals surface area (Å²) in [5, 5.41) is 10.3. The third-order valence-corrected chi connectivity index (χ3v) is 2.17. The zero-order chi connectivity index (χ0) is 9.68. The van der Waals surface area contributed by atoms with E-state index in [0.717, 1.165) is 32.5 Å². The minimum absolute atomic E-state index is 0.227. The largest absolute Gasteiger partial charge is 0.350 e. The molecule has 1 saturated heterocycles. The summed E-state index contributed by atoms with van der Waals surface area (Å²) in [5.41, 5.74) is 0. The minimum atomic E-state index is 0.227. The van der Waals surface area contributed by atoms with E-state index in [1.165, 1.54) is 0 Å². The van der Waals surface area contributed by atoms with Crippen molar-refractivity contribution in [1.29, 1.82) is 5.41 Å². The predicted octanol–water partition coefficient (Wildman–Crippen LogP) is -1.04. The molecule has 74 valence electrons. The Morgan fingerprint density at radius 2 is 2.08 bits per heavy atom. The van der Waals surface area contributed by atoms with Crippen LogP contribution in [0.25, 0.3) is 0 Å². The molecule has 13 heavy (non-hydrogen) atoms. The number of rotatable bonds is 2. The molecule has 0 aliphatic carbocycles. The Morgan fingerprint density at radius 3 is 2.62 bits per heavy atom. The van der Waals surface area contributed by atoms with E-state index < -0.39 is 0 Å². The SMILES string of the molecule is CN1CCN(C(=N)NCC=O)CC1. The number of carbonyl (C=O) groups is 1. The van der Waals surface area contributed by atoms with Crippen molar-refractivity contribution >= 4 is 12.2 Å². The maximum Gasteiger partial charge on any atom is 0.191 e. The van der Waals surface area contributed by atoms with E-state index >= 15 is 0 Å². The lowest BCUT2D eigenvalue weighted by Gasteiger charge is -2.33. The average molecular weight is 184 g/mol. The van der Waals surface area contributed by atoms with Gasteiger partial charge in [-0.2, -0.15) is 0 Å². The molecule has 2 N–H and O–H groups in total. The van der Waals surface area contributed by atoms with Crippen molar-refractivity contribution < 1.29 is 4.79 Å². The topological polar surface area (TPSA) is 59.4 Å². The monoisotopic (exact) mass is 184 g/mol. The van der Waals surface area contributed by atoms with Crippen LogP contribution in [0.15, 0.2) is 0 Å². The summed E-state index contributed by atoms with van der Waals surface area (Å²) >= 11 is 0. The Kier molecular flexibility index (Phi) is 3.70. The fourth-order valence-electron chi connectivity index (χ4n) is 1.28. The van der Waals surface area contributed by atoms with E-state index in [4.69, 9.17) is 5.41 Å². The summed E-state index contributed by atoms with van der Waals surface area (Å²) in [6, 6.07) is 0. The lowest BCUT2D eigenvalue weighted by Crippen LogP contribution is -2.51. The number of guanidine groups is 1. The number of likely N-dealkylation sites (N-methyl/N-ethyl adjacent to an activating group) is 1. The summed E-state index contributed by atoms with van der Waals surface area (Å²) in [6.07, 6.45) is 0.768. The molecule has 1 heterocycles. The van der Waals surface area contributed by atoms with Crippen LogP contribution in [-0.4, -0.2) is 61.8 Å². The Balaban J connectivity index is 2.27. The molecule has 0 radical (unpaired) electrons. The van der Waals surface area contributed by atoms with Crippen molar-refractivity contribution in [3.63, 3.8) is 0 Å². The highest BCUT2D eigenvalue weighted by molar-refractivity contribution is 5.78. The van der Waals surface area contributed by atoms with E-state index in [2.05, 4.69) is 17.3 Å². The molecule has 1 rings (SSSR count). The molecule has 5 heteroatoms. The highest BCUT2D eigenvalue weighted by Crippen LogP contribution is 1.97. The average Bonchev–Trinajstić information content (AvgIpc) is 2.15. The van der Waals surface area contributed by atoms with Gasteiger partial charge < -0.3 is 19.9 Å². The predicted molar refractivity (Wildman–Crippen MR) is 50.9 cm³/mol. The molecule has 1 aliphatic rings. The van der Waals surface area contributed by atoms with Crippen molar-refractivity contribution in [2.45, 2.75) is 0 Å². The van der Waals surface area contributed by atoms with Crippen LogP contribution in [0.5, 0.6) is 0 Å². The standard InChI is InChI=1S/C8H16N4O/c1-11-3-5-12(6-4-11)8(9)10-2-7-13/h7H,2-6H2,1H3,(H2,9,10). The second kappa shape index (κ2) is 4.81. The van der Waals surface area contributed by atoms with Crippen LogP contribution in [0.3, 0.4) is 0 Å². The summed E-state index contributed by atoms with van der Waals surface area (Å²) in [5.74, 6) is 0.361. The quantitative estimate of drug-likeness (QED) is 0.327. The van der Waals surface area contributed by atoms with Crippen LogP contribution < -0.4 is 5.32 Å². The summed E-state index contributed by atoms with van der Waals surface area (Å²) in [4.78, 5) is 14.2. The van der Waals surface area contributed by atoms with Crippen LogP contribution in [0.1, 0.15) is 0 Å². The summed E-state index contributed by atoms with van der Waals surface area (Å²) < 4.78 is 0. The minimum Gasteiger partial charge on any atom is -0.350 e. The van der Waals surface area contributed by atoms with Crippen molar-refractivity contribution in [2.24, 2.45) is 0 Å². The molecule has 0 aromatic carbocycles. The summed E-state index contributed by atoms with van der Waals surface area (Å²) in [7, 11) is 2.07. The number of aldehydes is 1. The van der Waals surface area contributed by atoms with E-state index in [9.17, 15) is 4.79 Å². The van der Waals surface area contributed by atoms with E-state index in [1.807, 2.05) is 4.90 Å². The van der Waals surface area contributed by atoms with Gasteiger partial charge >= 0.3 is 0 Å². The first kappa shape index (κ1) is 9.98. The number of hydrogen-bond acceptors (Lipinski definition) is 3. The second-order valence-corrected chi connectivity index (χ2v) is 3.19. The molecule has 1 fully saturated rings. The van der Waals surface area contributed by atoms with E-state index in [-0.39, 0.29) is 6.54 Å². The first-order chi connectivity index (χ1) is 6.24. The molecular formula is C8H16N4O. The number of carbonyl (C=O) groups excluding carboxylic acids is 1. The molecule has 0 saturated carbocycles. The highest BCUT2D eigenvalue weighted by Gasteiger charge is 2.15. The highest BCUT2D eigenvalue weighted by atomic mass is 16.1. The van der Waals surface area contributed by atoms with Gasteiger partial charge in [-0.1, -0.05) is 0 Å². The van der Waals surface area contributed by atoms with Crippen LogP contribution in [0.2, 0.25) is 0 Å². The van der Waals surface area contributed by atoms with Crippen molar-refractivity contribution in [3.8, 4) is 0 Å². The lowest BCUT2D eigenvalue weighted by molar-refractivity contribution is -0.107. The normalized spacial score (nSPS) is 18.4. The second-order valence-electron chi connectivity index (χ2n) is 3.19. The fraction of sp³-hybridized carbons (Fsp3) is 0.750. The Hall–Kier alpha value is -1.10. The zero-order valence-corrected chi connectivity index (χ0v) is 7.92. The van der Waals surface area contributed by atoms with Gasteiger partial charge in [0.1, 0.15) is 6.29 Å². The van der Waals surface area contributed by atoms with Gasteiger partial charge in [0.25, 0.3) is 0 Å². The molecule has 5 nitrogen and oxygen atoms in total. The van der Waals surface area contributed by atoms with Crippen molar-refractivity contribution in [2.75, 3.05) is 39.8 Å². The molecule has 0 unspecified atom stereocenters. The molecule has 0 bridgehead atoms. The Morgan fingerprint density at radius 1 is 1.46 bits per heavy atom. The molecule has 0 aromatic heterocycles. The van der Waals surface area contributed by atoms with Gasteiger partial charge in [0, 0.05) is 26.2 Å². The maximum atomic E-state index is 10.1. The van der Waals surface area contributed by atoms with E-state index in [1.54, 1.807) is 0 Å². The number of piperazine rings is 1. The van der Waals surface area contributed by atoms with Gasteiger partial charge in [0.05, 0.1) is 6.54 Å². The van der Waals surface area contributed by atoms with Gasteiger partial charge in [-0.15, -0.1) is 0 Å². The molecular weight excluding hydrogens is 168 g/mol. The van der Waals surface area contributed by atoms with Gasteiger partial charge in [-0.3, -0.25) is 5.41 Å². The van der Waals surface area contributed by atoms with Crippen LogP contribution >= 0.6 is 0 Å². The Labute approximate surface area is 78.2 Å². The van der Waals surface area contributed by atoms with Crippen molar-refractivity contribution in [3.05, 3.63) is 0 Å². The lowest BCUT2D eigenvalue weighted by atomic mass is 10.3. The number of nitrogens with zero attached hydrogens (tertiary/aromatic N) is 2. The Bertz CT molecular complexity index is 187. The maximum absolute atomic E-state index is 10.1. The molecule has 0 aromatic rings. The molecule has 0 amide bonds. The van der Waals surface area contributed by atoms with Gasteiger partial charge in [-0.05, 0) is 7.05 Å². The first-order valence-corrected chi connectivity index (χ1v) is 4.43. The molecule has 0 spiro atoms. The first-order valence-electron chi connectivity index (χ1n) is 4.43. The van der Waals surface area contributed by atoms with Gasteiger partial charge in [0.15, 0.2) is 5.96 Å². The third-order valence-electron chi connectivity index (χ3n) is 2.17. The third kappa shape index (κ3) is 3.02. The van der Waals surface area contributed by atoms with Gasteiger partial charge in [-0.25, -0.2) is 0 Å². The van der Waals surface area contributed by atoms with Crippen LogP contribution in [0.4, 0.5) is 0 Å². The van der Waals surface area contributed by atoms with Crippen LogP contribution in [-0.2, 0) is 4.79 Å². The smallest absolute Gasteiger partial charge is 0.191 e. The zero-order valence-electron chi connectivity index (χ0n) is 7.92. The van der Waals surface area contributed by atoms with Gasteiger partial charge in [0.2, 0.25) is 0 Å². The fourth-order valence-corrected chi connectivity index (χ4v) is 1.28. The van der Waals surface area contributed by atoms with Crippen molar-refractivity contribution in [1.82, 2.24) is 15.1 Å². The van der Waals surface area contributed by atoms with E-state index in [0.29, 0.717) is 5.96 Å². The van der Waals surface area contributed by atoms with Crippen LogP contribution in [0, 0.1) is 5.41 Å². The summed E-state index contributed by atoms with van der Waals surface area (Å²) in [6.45, 7) is 3.91. The molecule has 1 aliphatic heterocycles. The number of hydrogen-bond donors (Lipinski definition) is 2.